The molecule has 0 saturated carbocycles. The van der Waals surface area contributed by atoms with Gasteiger partial charge in [-0.05, 0) is 69.4 Å². The van der Waals surface area contributed by atoms with Crippen LogP contribution in [-0.4, -0.2) is 89.9 Å². The number of aliphatic carboxylic acids is 1. The van der Waals surface area contributed by atoms with Gasteiger partial charge >= 0.3 is 12.1 Å². The summed E-state index contributed by atoms with van der Waals surface area (Å²) in [4.78, 5) is 53.5. The molecule has 0 radical (unpaired) electrons. The Hall–Kier alpha value is -4.35. The molecule has 0 saturated heterocycles. The number of aromatic nitrogens is 4. The molecule has 4 N–H and O–H groups in total. The zero-order valence-corrected chi connectivity index (χ0v) is 26.9. The van der Waals surface area contributed by atoms with E-state index in [2.05, 4.69) is 25.3 Å². The van der Waals surface area contributed by atoms with Gasteiger partial charge in [0.25, 0.3) is 0 Å². The van der Waals surface area contributed by atoms with Gasteiger partial charge in [-0.1, -0.05) is 0 Å². The van der Waals surface area contributed by atoms with Crippen LogP contribution in [-0.2, 0) is 29.2 Å². The second kappa shape index (κ2) is 13.3. The van der Waals surface area contributed by atoms with Crippen molar-refractivity contribution in [2.24, 2.45) is 5.73 Å². The summed E-state index contributed by atoms with van der Waals surface area (Å²) in [6, 6.07) is 4.30. The van der Waals surface area contributed by atoms with Crippen LogP contribution in [0.4, 0.5) is 4.79 Å². The van der Waals surface area contributed by atoms with Crippen molar-refractivity contribution in [1.29, 1.82) is 0 Å². The van der Waals surface area contributed by atoms with Crippen LogP contribution in [0, 0.1) is 0 Å². The average molecular weight is 663 g/mol. The molecule has 0 spiro atoms. The number of benzene rings is 1. The number of carboxylic acid groups (broad SMARTS) is 1. The first-order chi connectivity index (χ1) is 20.7. The number of nitrogens with two attached hydrogens (primary N) is 1. The molecular weight excluding hydrogens is 628 g/mol. The number of nitrogens with one attached hydrogen (secondary N) is 1. The summed E-state index contributed by atoms with van der Waals surface area (Å²) in [6.07, 6.45) is 6.36. The second-order valence-corrected chi connectivity index (χ2v) is 15.2. The van der Waals surface area contributed by atoms with Crippen molar-refractivity contribution in [2.75, 3.05) is 19.1 Å². The minimum Gasteiger partial charge on any atom is -0.480 e. The summed E-state index contributed by atoms with van der Waals surface area (Å²) in [7, 11) is -7.40. The van der Waals surface area contributed by atoms with E-state index in [-0.39, 0.29) is 36.1 Å². The van der Waals surface area contributed by atoms with E-state index >= 15 is 0 Å². The zero-order chi connectivity index (χ0) is 33.8. The molecule has 0 aliphatic rings. The number of hydrogen-bond donors (Lipinski definition) is 3. The van der Waals surface area contributed by atoms with Crippen molar-refractivity contribution in [2.45, 2.75) is 61.5 Å². The van der Waals surface area contributed by atoms with Crippen molar-refractivity contribution in [1.82, 2.24) is 25.3 Å². The Bertz CT molecular complexity index is 1710. The quantitative estimate of drug-likeness (QED) is 0.109. The zero-order valence-electron chi connectivity index (χ0n) is 25.3. The lowest BCUT2D eigenvalue weighted by molar-refractivity contribution is -0.141. The molecule has 2 aromatic heterocycles. The van der Waals surface area contributed by atoms with Gasteiger partial charge < -0.3 is 20.9 Å². The minimum atomic E-state index is -3.70. The summed E-state index contributed by atoms with van der Waals surface area (Å²) < 4.78 is 52.5. The maximum Gasteiger partial charge on any atom is 0.407 e. The fourth-order valence-corrected chi connectivity index (χ4v) is 4.99. The Morgan fingerprint density at radius 1 is 0.800 bits per heavy atom. The lowest BCUT2D eigenvalue weighted by Crippen LogP contribution is -2.55. The Balaban J connectivity index is 1.97. The molecule has 15 nitrogen and oxygen atoms in total. The Morgan fingerprint density at radius 2 is 1.24 bits per heavy atom. The van der Waals surface area contributed by atoms with E-state index < -0.39 is 59.0 Å². The number of hydrogen-bond acceptors (Lipinski definition) is 13. The van der Waals surface area contributed by atoms with Gasteiger partial charge in [-0.3, -0.25) is 4.79 Å². The first-order valence-corrected chi connectivity index (χ1v) is 17.2. The Labute approximate surface area is 260 Å². The maximum absolute atomic E-state index is 13.8. The second-order valence-electron chi connectivity index (χ2n) is 11.3. The van der Waals surface area contributed by atoms with Crippen molar-refractivity contribution in [3.05, 3.63) is 48.5 Å². The van der Waals surface area contributed by atoms with Crippen molar-refractivity contribution in [3.8, 4) is 22.3 Å². The molecular formula is C28H34N6O9S2. The molecule has 0 bridgehead atoms. The number of carbonyl (C=O) groups is 3. The average Bonchev–Trinajstić information content (AvgIpc) is 2.94. The van der Waals surface area contributed by atoms with E-state index in [4.69, 9.17) is 10.5 Å². The standard InChI is InChI=1S/C28H34N6O9S2/c1-27(2,3)43-26(38)30-9-7-6-8-28(29,23(36)37)22(35)19-11-17(20-13-31-24(32-14-20)44(4,39)40)10-18(12-19)21-15-33-25(34-16-21)45(5,41)42/h10-16H,6-9,29H2,1-5H3,(H,30,38)(H,36,37)/t28-/m1/s1. The molecule has 3 rings (SSSR count). The minimum absolute atomic E-state index is 0.112. The van der Waals surface area contributed by atoms with Gasteiger partial charge in [-0.25, -0.2) is 46.4 Å². The topological polar surface area (TPSA) is 239 Å². The van der Waals surface area contributed by atoms with E-state index in [9.17, 15) is 36.3 Å². The lowest BCUT2D eigenvalue weighted by atomic mass is 9.84. The molecule has 0 unspecified atom stereocenters. The molecule has 0 fully saturated rings. The summed E-state index contributed by atoms with van der Waals surface area (Å²) in [5.74, 6) is -2.50. The molecule has 242 valence electrons. The van der Waals surface area contributed by atoms with Crippen LogP contribution in [0.2, 0.25) is 0 Å². The number of unbranched alkanes of at least 4 members (excludes halogenated alkanes) is 1. The van der Waals surface area contributed by atoms with Gasteiger partial charge in [0.1, 0.15) is 5.60 Å². The van der Waals surface area contributed by atoms with Crippen LogP contribution < -0.4 is 11.1 Å². The third-order valence-electron chi connectivity index (χ3n) is 6.23. The molecule has 0 aliphatic carbocycles. The van der Waals surface area contributed by atoms with E-state index in [0.29, 0.717) is 17.5 Å². The van der Waals surface area contributed by atoms with Gasteiger partial charge in [0.2, 0.25) is 30.0 Å². The van der Waals surface area contributed by atoms with E-state index in [1.54, 1.807) is 26.8 Å². The van der Waals surface area contributed by atoms with Crippen LogP contribution in [0.1, 0.15) is 50.4 Å². The summed E-state index contributed by atoms with van der Waals surface area (Å²) in [5.41, 5.74) is 4.24. The number of alkyl carbamates (subject to hydrolysis) is 1. The predicted molar refractivity (Wildman–Crippen MR) is 162 cm³/mol. The number of sulfone groups is 2. The van der Waals surface area contributed by atoms with Gasteiger partial charge in [-0.2, -0.15) is 0 Å². The maximum atomic E-state index is 13.8. The number of carboxylic acids is 1. The summed E-state index contributed by atoms with van der Waals surface area (Å²) in [5, 5.41) is 11.8. The number of amides is 1. The highest BCUT2D eigenvalue weighted by Gasteiger charge is 2.42. The molecule has 1 aromatic carbocycles. The normalized spacial score (nSPS) is 13.5. The smallest absolute Gasteiger partial charge is 0.407 e. The first kappa shape index (κ1) is 35.1. The highest BCUT2D eigenvalue weighted by atomic mass is 32.2. The third-order valence-corrected chi connectivity index (χ3v) is 7.98. The van der Waals surface area contributed by atoms with Crippen LogP contribution in [0.15, 0.2) is 53.3 Å². The number of rotatable bonds is 12. The van der Waals surface area contributed by atoms with E-state index in [1.807, 2.05) is 0 Å². The Kier molecular flexibility index (Phi) is 10.4. The molecule has 1 amide bonds. The molecule has 3 aromatic rings. The van der Waals surface area contributed by atoms with Crippen molar-refractivity contribution < 1.29 is 41.1 Å². The molecule has 17 heteroatoms. The fourth-order valence-electron chi connectivity index (χ4n) is 4.01. The molecule has 1 atom stereocenters. The fraction of sp³-hybridized carbons (Fsp3) is 0.393. The van der Waals surface area contributed by atoms with Crippen molar-refractivity contribution >= 4 is 37.5 Å². The van der Waals surface area contributed by atoms with Gasteiger partial charge in [0, 0.05) is 60.5 Å². The van der Waals surface area contributed by atoms with Crippen LogP contribution in [0.3, 0.4) is 0 Å². The SMILES string of the molecule is CC(C)(C)OC(=O)NCCCC[C@](N)(C(=O)O)C(=O)c1cc(-c2cnc(S(C)(=O)=O)nc2)cc(-c2cnc(S(C)(=O)=O)nc2)c1. The third kappa shape index (κ3) is 9.32. The number of ether oxygens (including phenoxy) is 1. The largest absolute Gasteiger partial charge is 0.480 e. The highest BCUT2D eigenvalue weighted by Crippen LogP contribution is 2.30. The molecule has 45 heavy (non-hydrogen) atoms. The number of nitrogens with zero attached hydrogens (tertiary/aromatic N) is 4. The summed E-state index contributed by atoms with van der Waals surface area (Å²) >= 11 is 0. The van der Waals surface area contributed by atoms with Crippen LogP contribution in [0.25, 0.3) is 22.3 Å². The van der Waals surface area contributed by atoms with E-state index in [1.165, 1.54) is 36.9 Å². The lowest BCUT2D eigenvalue weighted by Gasteiger charge is -2.24. The van der Waals surface area contributed by atoms with Crippen molar-refractivity contribution in [3.63, 3.8) is 0 Å². The molecule has 0 aliphatic heterocycles. The number of carbonyl (C=O) groups excluding carboxylic acids is 2. The van der Waals surface area contributed by atoms with Gasteiger partial charge in [0.15, 0.2) is 11.3 Å². The van der Waals surface area contributed by atoms with Crippen LogP contribution >= 0.6 is 0 Å². The monoisotopic (exact) mass is 662 g/mol. The number of Topliss-reactive ketones (excluding diaryl/α,β-unsaturated/α-hetero) is 1. The highest BCUT2D eigenvalue weighted by molar-refractivity contribution is 7.90. The van der Waals surface area contributed by atoms with Gasteiger partial charge in [0.05, 0.1) is 0 Å². The summed E-state index contributed by atoms with van der Waals surface area (Å²) in [6.45, 7) is 5.29. The number of ketones is 1. The predicted octanol–water partition coefficient (Wildman–Crippen LogP) is 2.07. The van der Waals surface area contributed by atoms with E-state index in [0.717, 1.165) is 12.5 Å². The van der Waals surface area contributed by atoms with Gasteiger partial charge in [-0.15, -0.1) is 0 Å². The Morgan fingerprint density at radius 3 is 1.62 bits per heavy atom. The first-order valence-electron chi connectivity index (χ1n) is 13.4. The van der Waals surface area contributed by atoms with Crippen LogP contribution in [0.5, 0.6) is 0 Å². The molecule has 2 heterocycles.